The third-order valence-electron chi connectivity index (χ3n) is 2.26. The lowest BCUT2D eigenvalue weighted by atomic mass is 10.1. The zero-order chi connectivity index (χ0) is 12.8. The minimum Gasteiger partial charge on any atom is -0.352 e. The van der Waals surface area contributed by atoms with Crippen molar-refractivity contribution in [3.05, 3.63) is 33.8 Å². The molecule has 1 aromatic carbocycles. The number of carbonyl (C=O) groups is 1. The van der Waals surface area contributed by atoms with Gasteiger partial charge in [0.1, 0.15) is 0 Å². The third-order valence-corrected chi connectivity index (χ3v) is 3.78. The minimum atomic E-state index is -0.793. The van der Waals surface area contributed by atoms with Gasteiger partial charge < -0.3 is 5.32 Å². The molecule has 1 N–H and O–H groups in total. The zero-order valence-electron chi connectivity index (χ0n) is 9.96. The molecule has 1 unspecified atom stereocenters. The van der Waals surface area contributed by atoms with Crippen LogP contribution in [-0.2, 0) is 10.8 Å². The molecule has 0 radical (unpaired) electrons. The molecule has 0 spiro atoms. The topological polar surface area (TPSA) is 46.2 Å². The Morgan fingerprint density at radius 1 is 1.47 bits per heavy atom. The molecular formula is C12H16BrNO2S. The average Bonchev–Trinajstić information content (AvgIpc) is 2.23. The van der Waals surface area contributed by atoms with Gasteiger partial charge in [0.2, 0.25) is 0 Å². The van der Waals surface area contributed by atoms with Crippen molar-refractivity contribution in [3.8, 4) is 0 Å². The van der Waals surface area contributed by atoms with Crippen LogP contribution in [0.2, 0.25) is 0 Å². The number of carbonyl (C=O) groups excluding carboxylic acids is 1. The van der Waals surface area contributed by atoms with Crippen LogP contribution in [0.15, 0.2) is 22.7 Å². The molecule has 0 aliphatic heterocycles. The van der Waals surface area contributed by atoms with Gasteiger partial charge in [0.05, 0.1) is 5.56 Å². The third kappa shape index (κ3) is 5.00. The number of halogens is 1. The highest BCUT2D eigenvalue weighted by molar-refractivity contribution is 9.10. The highest BCUT2D eigenvalue weighted by Crippen LogP contribution is 2.18. The van der Waals surface area contributed by atoms with Crippen molar-refractivity contribution in [1.29, 1.82) is 0 Å². The predicted molar refractivity (Wildman–Crippen MR) is 74.8 cm³/mol. The quantitative estimate of drug-likeness (QED) is 0.847. The summed E-state index contributed by atoms with van der Waals surface area (Å²) in [5, 5.41) is 2.81. The first-order chi connectivity index (χ1) is 8.00. The van der Waals surface area contributed by atoms with Gasteiger partial charge in [-0.05, 0) is 47.0 Å². The van der Waals surface area contributed by atoms with Crippen molar-refractivity contribution in [3.63, 3.8) is 0 Å². The molecule has 94 valence electrons. The molecule has 0 fully saturated rings. The second kappa shape index (κ2) is 6.91. The summed E-state index contributed by atoms with van der Waals surface area (Å²) in [6, 6.07) is 5.61. The molecule has 3 nitrogen and oxygen atoms in total. The zero-order valence-corrected chi connectivity index (χ0v) is 12.4. The van der Waals surface area contributed by atoms with E-state index in [4.69, 9.17) is 0 Å². The Hall–Kier alpha value is -0.680. The average molecular weight is 318 g/mol. The number of nitrogens with one attached hydrogen (secondary N) is 1. The first-order valence-electron chi connectivity index (χ1n) is 5.35. The molecule has 0 bridgehead atoms. The van der Waals surface area contributed by atoms with Crippen LogP contribution in [0, 0.1) is 6.92 Å². The Kier molecular flexibility index (Phi) is 5.85. The van der Waals surface area contributed by atoms with Crippen LogP contribution in [0.25, 0.3) is 0 Å². The fourth-order valence-corrected chi connectivity index (χ4v) is 2.60. The lowest BCUT2D eigenvalue weighted by molar-refractivity contribution is 0.0953. The largest absolute Gasteiger partial charge is 0.352 e. The van der Waals surface area contributed by atoms with Crippen molar-refractivity contribution in [2.45, 2.75) is 13.3 Å². The second-order valence-corrected chi connectivity index (χ2v) is 6.28. The SMILES string of the molecule is Cc1ccc(C(=O)NCCCS(C)=O)c(Br)c1. The van der Waals surface area contributed by atoms with Crippen molar-refractivity contribution in [2.75, 3.05) is 18.6 Å². The van der Waals surface area contributed by atoms with Gasteiger partial charge in [-0.1, -0.05) is 6.07 Å². The van der Waals surface area contributed by atoms with Gasteiger partial charge in [-0.2, -0.15) is 0 Å². The van der Waals surface area contributed by atoms with Gasteiger partial charge in [0, 0.05) is 33.8 Å². The Labute approximate surface area is 113 Å². The first-order valence-corrected chi connectivity index (χ1v) is 7.87. The van der Waals surface area contributed by atoms with Crippen LogP contribution in [0.5, 0.6) is 0 Å². The van der Waals surface area contributed by atoms with E-state index in [0.717, 1.165) is 16.5 Å². The Balaban J connectivity index is 2.50. The van der Waals surface area contributed by atoms with Crippen molar-refractivity contribution < 1.29 is 9.00 Å². The fourth-order valence-electron chi connectivity index (χ4n) is 1.38. The monoisotopic (exact) mass is 317 g/mol. The van der Waals surface area contributed by atoms with E-state index in [0.29, 0.717) is 17.9 Å². The lowest BCUT2D eigenvalue weighted by Crippen LogP contribution is -2.25. The van der Waals surface area contributed by atoms with Gasteiger partial charge in [-0.3, -0.25) is 9.00 Å². The van der Waals surface area contributed by atoms with E-state index in [9.17, 15) is 9.00 Å². The molecule has 1 atom stereocenters. The maximum atomic E-state index is 11.8. The molecule has 0 saturated heterocycles. The van der Waals surface area contributed by atoms with E-state index in [1.165, 1.54) is 0 Å². The smallest absolute Gasteiger partial charge is 0.252 e. The van der Waals surface area contributed by atoms with E-state index in [1.807, 2.05) is 19.1 Å². The summed E-state index contributed by atoms with van der Waals surface area (Å²) in [5.41, 5.74) is 1.74. The van der Waals surface area contributed by atoms with Crippen molar-refractivity contribution >= 4 is 32.6 Å². The number of benzene rings is 1. The molecule has 0 saturated carbocycles. The lowest BCUT2D eigenvalue weighted by Gasteiger charge is -2.07. The molecule has 17 heavy (non-hydrogen) atoms. The van der Waals surface area contributed by atoms with Gasteiger partial charge in [0.15, 0.2) is 0 Å². The summed E-state index contributed by atoms with van der Waals surface area (Å²) in [5.74, 6) is 0.522. The molecule has 0 aliphatic carbocycles. The van der Waals surface area contributed by atoms with Crippen LogP contribution >= 0.6 is 15.9 Å². The molecule has 1 amide bonds. The standard InChI is InChI=1S/C12H16BrNO2S/c1-9-4-5-10(11(13)8-9)12(15)14-6-3-7-17(2)16/h4-5,8H,3,6-7H2,1-2H3,(H,14,15). The van der Waals surface area contributed by atoms with Crippen molar-refractivity contribution in [1.82, 2.24) is 5.32 Å². The maximum absolute atomic E-state index is 11.8. The Bertz CT molecular complexity index is 435. The summed E-state index contributed by atoms with van der Waals surface area (Å²) in [6.45, 7) is 2.53. The summed E-state index contributed by atoms with van der Waals surface area (Å²) in [7, 11) is -0.793. The molecule has 0 aliphatic rings. The number of hydrogen-bond acceptors (Lipinski definition) is 2. The number of amides is 1. The molecule has 1 aromatic rings. The first kappa shape index (κ1) is 14.4. The number of aryl methyl sites for hydroxylation is 1. The van der Waals surface area contributed by atoms with Gasteiger partial charge in [0.25, 0.3) is 5.91 Å². The van der Waals surface area contributed by atoms with Gasteiger partial charge in [-0.25, -0.2) is 0 Å². The fraction of sp³-hybridized carbons (Fsp3) is 0.417. The summed E-state index contributed by atoms with van der Waals surface area (Å²) < 4.78 is 11.6. The van der Waals surface area contributed by atoms with Gasteiger partial charge in [-0.15, -0.1) is 0 Å². The molecule has 1 rings (SSSR count). The van der Waals surface area contributed by atoms with E-state index in [2.05, 4.69) is 21.2 Å². The maximum Gasteiger partial charge on any atom is 0.252 e. The molecule has 0 heterocycles. The highest BCUT2D eigenvalue weighted by atomic mass is 79.9. The molecule has 5 heteroatoms. The summed E-state index contributed by atoms with van der Waals surface area (Å²) in [6.07, 6.45) is 2.40. The molecule has 0 aromatic heterocycles. The summed E-state index contributed by atoms with van der Waals surface area (Å²) >= 11 is 3.37. The minimum absolute atomic E-state index is 0.0984. The highest BCUT2D eigenvalue weighted by Gasteiger charge is 2.08. The second-order valence-electron chi connectivity index (χ2n) is 3.87. The van der Waals surface area contributed by atoms with Crippen LogP contribution in [0.1, 0.15) is 22.3 Å². The number of rotatable bonds is 5. The predicted octanol–water partition coefficient (Wildman–Crippen LogP) is 2.26. The van der Waals surface area contributed by atoms with Crippen LogP contribution in [0.4, 0.5) is 0 Å². The van der Waals surface area contributed by atoms with Crippen LogP contribution in [-0.4, -0.2) is 28.7 Å². The molecular weight excluding hydrogens is 302 g/mol. The van der Waals surface area contributed by atoms with Crippen LogP contribution < -0.4 is 5.32 Å². The van der Waals surface area contributed by atoms with E-state index >= 15 is 0 Å². The van der Waals surface area contributed by atoms with Crippen LogP contribution in [0.3, 0.4) is 0 Å². The summed E-state index contributed by atoms with van der Waals surface area (Å²) in [4.78, 5) is 11.8. The van der Waals surface area contributed by atoms with E-state index in [1.54, 1.807) is 12.3 Å². The number of hydrogen-bond donors (Lipinski definition) is 1. The Morgan fingerprint density at radius 3 is 2.76 bits per heavy atom. The Morgan fingerprint density at radius 2 is 2.18 bits per heavy atom. The normalized spacial score (nSPS) is 12.2. The van der Waals surface area contributed by atoms with E-state index in [-0.39, 0.29) is 5.91 Å². The van der Waals surface area contributed by atoms with Gasteiger partial charge >= 0.3 is 0 Å². The van der Waals surface area contributed by atoms with Crippen molar-refractivity contribution in [2.24, 2.45) is 0 Å². The van der Waals surface area contributed by atoms with E-state index < -0.39 is 10.8 Å².